The van der Waals surface area contributed by atoms with Gasteiger partial charge in [-0.1, -0.05) is 19.9 Å². The lowest BCUT2D eigenvalue weighted by molar-refractivity contribution is 1.26. The molecule has 0 N–H and O–H groups in total. The predicted octanol–water partition coefficient (Wildman–Crippen LogP) is 3.48. The molecule has 0 spiro atoms. The second-order valence-electron chi connectivity index (χ2n) is 2.93. The van der Waals surface area contributed by atoms with E-state index >= 15 is 0 Å². The lowest BCUT2D eigenvalue weighted by Gasteiger charge is -2.02. The maximum Gasteiger partial charge on any atom is 0.0346 e. The van der Waals surface area contributed by atoms with Gasteiger partial charge in [0, 0.05) is 30.4 Å². The summed E-state index contributed by atoms with van der Waals surface area (Å²) in [5, 5.41) is 0. The molecular formula is C13H16N2. The van der Waals surface area contributed by atoms with Crippen LogP contribution in [0.15, 0.2) is 43.0 Å². The Morgan fingerprint density at radius 3 is 2.27 bits per heavy atom. The molecule has 2 nitrogen and oxygen atoms in total. The fourth-order valence-corrected chi connectivity index (χ4v) is 1.32. The van der Waals surface area contributed by atoms with E-state index in [0.717, 1.165) is 5.56 Å². The highest BCUT2D eigenvalue weighted by atomic mass is 14.6. The third-order valence-corrected chi connectivity index (χ3v) is 1.99. The van der Waals surface area contributed by atoms with Crippen LogP contribution < -0.4 is 0 Å². The summed E-state index contributed by atoms with van der Waals surface area (Å²) in [4.78, 5) is 8.13. The molecule has 2 rings (SSSR count). The molecule has 0 fully saturated rings. The highest BCUT2D eigenvalue weighted by Gasteiger charge is 1.99. The smallest absolute Gasteiger partial charge is 0.0346 e. The Morgan fingerprint density at radius 2 is 1.67 bits per heavy atom. The van der Waals surface area contributed by atoms with Crippen LogP contribution in [0.2, 0.25) is 0 Å². The van der Waals surface area contributed by atoms with Crippen molar-refractivity contribution < 1.29 is 0 Å². The molecule has 78 valence electrons. The van der Waals surface area contributed by atoms with Crippen molar-refractivity contribution in [2.24, 2.45) is 0 Å². The lowest BCUT2D eigenvalue weighted by atomic mass is 10.1. The number of aromatic nitrogens is 2. The summed E-state index contributed by atoms with van der Waals surface area (Å²) in [5.41, 5.74) is 3.51. The molecule has 0 aliphatic rings. The van der Waals surface area contributed by atoms with Gasteiger partial charge in [-0.25, -0.2) is 0 Å². The Morgan fingerprint density at radius 1 is 0.933 bits per heavy atom. The normalized spacial score (nSPS) is 9.00. The van der Waals surface area contributed by atoms with Gasteiger partial charge in [-0.3, -0.25) is 9.97 Å². The highest BCUT2D eigenvalue weighted by Crippen LogP contribution is 2.20. The van der Waals surface area contributed by atoms with E-state index in [4.69, 9.17) is 0 Å². The first kappa shape index (κ1) is 11.4. The van der Waals surface area contributed by atoms with Crippen molar-refractivity contribution in [2.45, 2.75) is 20.8 Å². The van der Waals surface area contributed by atoms with Gasteiger partial charge in [-0.2, -0.15) is 0 Å². The Balaban J connectivity index is 0.000000531. The van der Waals surface area contributed by atoms with Crippen LogP contribution in [0.25, 0.3) is 11.1 Å². The third kappa shape index (κ3) is 2.88. The van der Waals surface area contributed by atoms with Gasteiger partial charge in [0.2, 0.25) is 0 Å². The van der Waals surface area contributed by atoms with E-state index in [0.29, 0.717) is 0 Å². The molecule has 0 bridgehead atoms. The molecular weight excluding hydrogens is 184 g/mol. The van der Waals surface area contributed by atoms with Gasteiger partial charge in [-0.05, 0) is 30.2 Å². The van der Waals surface area contributed by atoms with Crippen molar-refractivity contribution >= 4 is 0 Å². The minimum atomic E-state index is 1.14. The fourth-order valence-electron chi connectivity index (χ4n) is 1.32. The van der Waals surface area contributed by atoms with Crippen LogP contribution in [0.1, 0.15) is 19.4 Å². The second kappa shape index (κ2) is 5.91. The first-order chi connectivity index (χ1) is 7.38. The van der Waals surface area contributed by atoms with Crippen molar-refractivity contribution in [3.05, 3.63) is 48.5 Å². The quantitative estimate of drug-likeness (QED) is 0.704. The minimum absolute atomic E-state index is 1.14. The molecule has 2 aromatic heterocycles. The summed E-state index contributed by atoms with van der Waals surface area (Å²) < 4.78 is 0. The number of nitrogens with zero attached hydrogens (tertiary/aromatic N) is 2. The predicted molar refractivity (Wildman–Crippen MR) is 63.6 cm³/mol. The van der Waals surface area contributed by atoms with Gasteiger partial charge < -0.3 is 0 Å². The zero-order valence-corrected chi connectivity index (χ0v) is 9.44. The topological polar surface area (TPSA) is 25.8 Å². The summed E-state index contributed by atoms with van der Waals surface area (Å²) in [6.07, 6.45) is 7.31. The molecule has 0 saturated heterocycles. The average molecular weight is 200 g/mol. The Kier molecular flexibility index (Phi) is 4.48. The number of hydrogen-bond donors (Lipinski definition) is 0. The van der Waals surface area contributed by atoms with Crippen LogP contribution in [-0.4, -0.2) is 9.97 Å². The van der Waals surface area contributed by atoms with E-state index in [1.807, 2.05) is 38.4 Å². The summed E-state index contributed by atoms with van der Waals surface area (Å²) in [7, 11) is 0. The molecule has 0 saturated carbocycles. The molecule has 2 aromatic rings. The van der Waals surface area contributed by atoms with Gasteiger partial charge >= 0.3 is 0 Å². The lowest BCUT2D eigenvalue weighted by Crippen LogP contribution is -1.84. The van der Waals surface area contributed by atoms with Crippen LogP contribution in [0, 0.1) is 6.92 Å². The van der Waals surface area contributed by atoms with Crippen LogP contribution in [-0.2, 0) is 0 Å². The van der Waals surface area contributed by atoms with Gasteiger partial charge in [0.25, 0.3) is 0 Å². The number of pyridine rings is 2. The molecule has 0 aromatic carbocycles. The molecule has 0 radical (unpaired) electrons. The molecule has 0 amide bonds. The average Bonchev–Trinajstić information content (AvgIpc) is 2.33. The van der Waals surface area contributed by atoms with Crippen molar-refractivity contribution in [3.8, 4) is 11.1 Å². The van der Waals surface area contributed by atoms with E-state index in [1.165, 1.54) is 11.1 Å². The summed E-state index contributed by atoms with van der Waals surface area (Å²) in [5.74, 6) is 0. The van der Waals surface area contributed by atoms with Crippen LogP contribution in [0.4, 0.5) is 0 Å². The molecule has 15 heavy (non-hydrogen) atoms. The maximum atomic E-state index is 4.08. The molecule has 2 heteroatoms. The zero-order chi connectivity index (χ0) is 11.1. The van der Waals surface area contributed by atoms with Crippen molar-refractivity contribution in [1.82, 2.24) is 9.97 Å². The second-order valence-corrected chi connectivity index (χ2v) is 2.93. The molecule has 0 aliphatic heterocycles. The number of rotatable bonds is 1. The zero-order valence-electron chi connectivity index (χ0n) is 9.44. The van der Waals surface area contributed by atoms with E-state index in [9.17, 15) is 0 Å². The monoisotopic (exact) mass is 200 g/mol. The van der Waals surface area contributed by atoms with Crippen LogP contribution >= 0.6 is 0 Å². The van der Waals surface area contributed by atoms with E-state index < -0.39 is 0 Å². The molecule has 0 atom stereocenters. The fraction of sp³-hybridized carbons (Fsp3) is 0.231. The van der Waals surface area contributed by atoms with Gasteiger partial charge in [0.05, 0.1) is 0 Å². The third-order valence-electron chi connectivity index (χ3n) is 1.99. The minimum Gasteiger partial charge on any atom is -0.264 e. The van der Waals surface area contributed by atoms with Crippen LogP contribution in [0.5, 0.6) is 0 Å². The van der Waals surface area contributed by atoms with E-state index in [1.54, 1.807) is 12.4 Å². The highest BCUT2D eigenvalue weighted by molar-refractivity contribution is 5.65. The van der Waals surface area contributed by atoms with E-state index in [-0.39, 0.29) is 0 Å². The van der Waals surface area contributed by atoms with Gasteiger partial charge in [-0.15, -0.1) is 0 Å². The summed E-state index contributed by atoms with van der Waals surface area (Å²) in [6, 6.07) is 6.00. The molecule has 0 aliphatic carbocycles. The Hall–Kier alpha value is -1.70. The van der Waals surface area contributed by atoms with Gasteiger partial charge in [0.15, 0.2) is 0 Å². The van der Waals surface area contributed by atoms with Crippen molar-refractivity contribution in [3.63, 3.8) is 0 Å². The van der Waals surface area contributed by atoms with Crippen molar-refractivity contribution in [2.75, 3.05) is 0 Å². The Bertz CT molecular complexity index is 396. The largest absolute Gasteiger partial charge is 0.264 e. The summed E-state index contributed by atoms with van der Waals surface area (Å²) in [6.45, 7) is 6.05. The van der Waals surface area contributed by atoms with E-state index in [2.05, 4.69) is 23.0 Å². The van der Waals surface area contributed by atoms with Crippen LogP contribution in [0.3, 0.4) is 0 Å². The number of hydrogen-bond acceptors (Lipinski definition) is 2. The first-order valence-electron chi connectivity index (χ1n) is 5.19. The summed E-state index contributed by atoms with van der Waals surface area (Å²) >= 11 is 0. The SMILES string of the molecule is CC.Cc1cnccc1-c1cccnc1. The molecule has 2 heterocycles. The van der Waals surface area contributed by atoms with Crippen molar-refractivity contribution in [1.29, 1.82) is 0 Å². The number of aryl methyl sites for hydroxylation is 1. The Labute approximate surface area is 91.0 Å². The molecule has 0 unspecified atom stereocenters. The van der Waals surface area contributed by atoms with Gasteiger partial charge in [0.1, 0.15) is 0 Å². The standard InChI is InChI=1S/C11H10N2.C2H6/c1-9-7-13-6-4-11(9)10-3-2-5-12-8-10;1-2/h2-8H,1H3;1-2H3. The maximum absolute atomic E-state index is 4.08. The first-order valence-corrected chi connectivity index (χ1v) is 5.19.